The van der Waals surface area contributed by atoms with Crippen molar-refractivity contribution in [2.75, 3.05) is 25.2 Å². The van der Waals surface area contributed by atoms with Gasteiger partial charge in [0.15, 0.2) is 0 Å². The molecule has 4 nitrogen and oxygen atoms in total. The fourth-order valence-corrected chi connectivity index (χ4v) is 1.39. The van der Waals surface area contributed by atoms with E-state index in [9.17, 15) is 0 Å². The molecule has 0 spiro atoms. The number of aromatic nitrogens is 1. The summed E-state index contributed by atoms with van der Waals surface area (Å²) in [6.45, 7) is 2.04. The van der Waals surface area contributed by atoms with Gasteiger partial charge >= 0.3 is 0 Å². The molecule has 70 valence electrons. The molecule has 0 atom stereocenters. The first kappa shape index (κ1) is 8.31. The van der Waals surface area contributed by atoms with Gasteiger partial charge in [0.25, 0.3) is 0 Å². The number of nitrogens with one attached hydrogen (secondary N) is 1. The van der Waals surface area contributed by atoms with Gasteiger partial charge in [-0.25, -0.2) is 5.43 Å². The van der Waals surface area contributed by atoms with Crippen molar-refractivity contribution < 1.29 is 4.74 Å². The number of hydrogen-bond donors (Lipinski definition) is 1. The van der Waals surface area contributed by atoms with Crippen molar-refractivity contribution in [3.8, 4) is 5.88 Å². The minimum atomic E-state index is 0.659. The van der Waals surface area contributed by atoms with Crippen LogP contribution in [-0.2, 0) is 0 Å². The van der Waals surface area contributed by atoms with Crippen molar-refractivity contribution >= 4 is 5.82 Å². The van der Waals surface area contributed by atoms with E-state index < -0.39 is 0 Å². The van der Waals surface area contributed by atoms with Crippen molar-refractivity contribution in [1.82, 2.24) is 10.4 Å². The van der Waals surface area contributed by atoms with E-state index in [1.807, 2.05) is 23.2 Å². The molecule has 0 aromatic carbocycles. The monoisotopic (exact) mass is 179 g/mol. The normalized spacial score (nSPS) is 16.2. The van der Waals surface area contributed by atoms with E-state index in [4.69, 9.17) is 4.74 Å². The maximum absolute atomic E-state index is 5.05. The van der Waals surface area contributed by atoms with Gasteiger partial charge in [0, 0.05) is 19.2 Å². The third kappa shape index (κ3) is 1.72. The second kappa shape index (κ2) is 3.62. The third-order valence-corrected chi connectivity index (χ3v) is 2.06. The number of hydrogen-bond acceptors (Lipinski definition) is 4. The molecule has 0 unspecified atom stereocenters. The SMILES string of the molecule is COc1cccc(N2CCCN2)n1. The lowest BCUT2D eigenvalue weighted by molar-refractivity contribution is 0.397. The number of nitrogens with zero attached hydrogens (tertiary/aromatic N) is 2. The van der Waals surface area contributed by atoms with Crippen molar-refractivity contribution in [3.63, 3.8) is 0 Å². The Labute approximate surface area is 77.5 Å². The van der Waals surface area contributed by atoms with Crippen LogP contribution in [-0.4, -0.2) is 25.2 Å². The highest BCUT2D eigenvalue weighted by Crippen LogP contribution is 2.15. The fourth-order valence-electron chi connectivity index (χ4n) is 1.39. The Morgan fingerprint density at radius 2 is 2.46 bits per heavy atom. The lowest BCUT2D eigenvalue weighted by Crippen LogP contribution is -2.31. The zero-order valence-electron chi connectivity index (χ0n) is 7.66. The molecule has 0 radical (unpaired) electrons. The molecule has 1 fully saturated rings. The van der Waals surface area contributed by atoms with E-state index >= 15 is 0 Å². The standard InChI is InChI=1S/C9H13N3O/c1-13-9-5-2-4-8(11-9)12-7-3-6-10-12/h2,4-5,10H,3,6-7H2,1H3. The highest BCUT2D eigenvalue weighted by Gasteiger charge is 2.12. The van der Waals surface area contributed by atoms with Crippen LogP contribution in [0.3, 0.4) is 0 Å². The Kier molecular flexibility index (Phi) is 2.31. The lowest BCUT2D eigenvalue weighted by Gasteiger charge is -2.16. The Bertz CT molecular complexity index is 284. The summed E-state index contributed by atoms with van der Waals surface area (Å²) in [7, 11) is 1.63. The van der Waals surface area contributed by atoms with Crippen LogP contribution in [0.2, 0.25) is 0 Å². The average molecular weight is 179 g/mol. The quantitative estimate of drug-likeness (QED) is 0.728. The molecule has 0 bridgehead atoms. The van der Waals surface area contributed by atoms with Crippen LogP contribution in [0.1, 0.15) is 6.42 Å². The minimum Gasteiger partial charge on any atom is -0.481 e. The van der Waals surface area contributed by atoms with Gasteiger partial charge < -0.3 is 4.74 Å². The smallest absolute Gasteiger partial charge is 0.214 e. The van der Waals surface area contributed by atoms with Crippen LogP contribution in [0.4, 0.5) is 5.82 Å². The van der Waals surface area contributed by atoms with Crippen molar-refractivity contribution in [2.45, 2.75) is 6.42 Å². The van der Waals surface area contributed by atoms with E-state index in [0.717, 1.165) is 18.9 Å². The van der Waals surface area contributed by atoms with Crippen LogP contribution < -0.4 is 15.2 Å². The largest absolute Gasteiger partial charge is 0.481 e. The Morgan fingerprint density at radius 1 is 1.54 bits per heavy atom. The summed E-state index contributed by atoms with van der Waals surface area (Å²) >= 11 is 0. The lowest BCUT2D eigenvalue weighted by atomic mass is 10.4. The third-order valence-electron chi connectivity index (χ3n) is 2.06. The summed E-state index contributed by atoms with van der Waals surface area (Å²) in [5, 5.41) is 2.04. The topological polar surface area (TPSA) is 37.4 Å². The average Bonchev–Trinajstić information content (AvgIpc) is 2.71. The first-order chi connectivity index (χ1) is 6.40. The summed E-state index contributed by atoms with van der Waals surface area (Å²) in [5.74, 6) is 1.59. The zero-order valence-corrected chi connectivity index (χ0v) is 7.66. The molecule has 0 saturated carbocycles. The molecule has 1 aromatic heterocycles. The van der Waals surface area contributed by atoms with Gasteiger partial charge in [0.1, 0.15) is 5.82 Å². The summed E-state index contributed by atoms with van der Waals surface area (Å²) in [4.78, 5) is 4.31. The van der Waals surface area contributed by atoms with E-state index in [0.29, 0.717) is 5.88 Å². The highest BCUT2D eigenvalue weighted by atomic mass is 16.5. The molecule has 0 aliphatic carbocycles. The Morgan fingerprint density at radius 3 is 3.15 bits per heavy atom. The Balaban J connectivity index is 2.18. The zero-order chi connectivity index (χ0) is 9.10. The maximum Gasteiger partial charge on any atom is 0.214 e. The first-order valence-corrected chi connectivity index (χ1v) is 4.42. The summed E-state index contributed by atoms with van der Waals surface area (Å²) in [6.07, 6.45) is 1.17. The van der Waals surface area contributed by atoms with Crippen LogP contribution in [0, 0.1) is 0 Å². The minimum absolute atomic E-state index is 0.659. The van der Waals surface area contributed by atoms with Crippen LogP contribution in [0.25, 0.3) is 0 Å². The summed E-state index contributed by atoms with van der Waals surface area (Å²) < 4.78 is 5.05. The number of methoxy groups -OCH3 is 1. The van der Waals surface area contributed by atoms with Crippen molar-refractivity contribution in [1.29, 1.82) is 0 Å². The van der Waals surface area contributed by atoms with Gasteiger partial charge in [-0.1, -0.05) is 6.07 Å². The number of rotatable bonds is 2. The summed E-state index contributed by atoms with van der Waals surface area (Å²) in [5.41, 5.74) is 3.24. The van der Waals surface area contributed by atoms with Gasteiger partial charge in [-0.15, -0.1) is 0 Å². The maximum atomic E-state index is 5.05. The van der Waals surface area contributed by atoms with Crippen LogP contribution in [0.5, 0.6) is 5.88 Å². The molecule has 1 N–H and O–H groups in total. The molecule has 1 saturated heterocycles. The van der Waals surface area contributed by atoms with Crippen LogP contribution in [0.15, 0.2) is 18.2 Å². The number of hydrazine groups is 1. The fraction of sp³-hybridized carbons (Fsp3) is 0.444. The second-order valence-electron chi connectivity index (χ2n) is 2.95. The molecule has 0 amide bonds. The van der Waals surface area contributed by atoms with Crippen LogP contribution >= 0.6 is 0 Å². The molecule has 2 heterocycles. The molecule has 4 heteroatoms. The van der Waals surface area contributed by atoms with E-state index in [1.54, 1.807) is 7.11 Å². The predicted octanol–water partition coefficient (Wildman–Crippen LogP) is 0.805. The predicted molar refractivity (Wildman–Crippen MR) is 50.8 cm³/mol. The van der Waals surface area contributed by atoms with Crippen molar-refractivity contribution in [3.05, 3.63) is 18.2 Å². The number of anilines is 1. The molecule has 1 aromatic rings. The Hall–Kier alpha value is -1.29. The molecule has 1 aliphatic heterocycles. The highest BCUT2D eigenvalue weighted by molar-refractivity contribution is 5.39. The van der Waals surface area contributed by atoms with Gasteiger partial charge in [-0.05, 0) is 12.5 Å². The molecular formula is C9H13N3O. The van der Waals surface area contributed by atoms with E-state index in [2.05, 4.69) is 10.4 Å². The van der Waals surface area contributed by atoms with E-state index in [-0.39, 0.29) is 0 Å². The van der Waals surface area contributed by atoms with Crippen molar-refractivity contribution in [2.24, 2.45) is 0 Å². The van der Waals surface area contributed by atoms with Gasteiger partial charge in [-0.2, -0.15) is 4.98 Å². The molecule has 13 heavy (non-hydrogen) atoms. The molecule has 2 rings (SSSR count). The summed E-state index contributed by atoms with van der Waals surface area (Å²) in [6, 6.07) is 5.77. The number of ether oxygens (including phenoxy) is 1. The van der Waals surface area contributed by atoms with Gasteiger partial charge in [0.05, 0.1) is 7.11 Å². The first-order valence-electron chi connectivity index (χ1n) is 4.42. The second-order valence-corrected chi connectivity index (χ2v) is 2.95. The number of pyridine rings is 1. The van der Waals surface area contributed by atoms with Gasteiger partial charge in [0.2, 0.25) is 5.88 Å². The van der Waals surface area contributed by atoms with E-state index in [1.165, 1.54) is 6.42 Å². The molecular weight excluding hydrogens is 166 g/mol. The molecule has 1 aliphatic rings. The van der Waals surface area contributed by atoms with Gasteiger partial charge in [-0.3, -0.25) is 5.01 Å².